The molecule has 0 aromatic heterocycles. The summed E-state index contributed by atoms with van der Waals surface area (Å²) in [7, 11) is -0.0231. The second-order valence-electron chi connectivity index (χ2n) is 4.61. The molecule has 0 heterocycles. The minimum absolute atomic E-state index is 0.0231. The lowest BCUT2D eigenvalue weighted by molar-refractivity contribution is 1.39. The summed E-state index contributed by atoms with van der Waals surface area (Å²) in [6, 6.07) is 8.88. The van der Waals surface area contributed by atoms with E-state index < -0.39 is 0 Å². The monoisotopic (exact) mass is 230 g/mol. The second-order valence-corrected chi connectivity index (χ2v) is 6.88. The van der Waals surface area contributed by atoms with E-state index in [0.29, 0.717) is 0 Å². The van der Waals surface area contributed by atoms with Gasteiger partial charge in [0, 0.05) is 0 Å². The zero-order chi connectivity index (χ0) is 11.7. The fourth-order valence-electron chi connectivity index (χ4n) is 2.23. The van der Waals surface area contributed by atoms with Gasteiger partial charge in [0.05, 0.1) is 0 Å². The van der Waals surface area contributed by atoms with Gasteiger partial charge in [0.15, 0.2) is 0 Å². The molecule has 1 aliphatic rings. The Morgan fingerprint density at radius 2 is 1.75 bits per heavy atom. The van der Waals surface area contributed by atoms with Crippen LogP contribution in [0.2, 0.25) is 0 Å². The molecule has 0 atom stereocenters. The second kappa shape index (κ2) is 4.55. The molecule has 0 nitrogen and oxygen atoms in total. The fraction of sp³-hybridized carbons (Fsp3) is 0.333. The van der Waals surface area contributed by atoms with Crippen LogP contribution in [-0.2, 0) is 0 Å². The lowest BCUT2D eigenvalue weighted by atomic mass is 10.0. The first-order valence-electron chi connectivity index (χ1n) is 5.75. The third-order valence-electron chi connectivity index (χ3n) is 3.37. The maximum absolute atomic E-state index is 2.34. The van der Waals surface area contributed by atoms with Crippen LogP contribution in [0.25, 0.3) is 5.57 Å². The van der Waals surface area contributed by atoms with E-state index in [1.165, 1.54) is 27.6 Å². The molecular weight excluding hydrogens is 211 g/mol. The van der Waals surface area contributed by atoms with Crippen LogP contribution < -0.4 is 5.30 Å². The molecule has 2 rings (SSSR count). The lowest BCUT2D eigenvalue weighted by Crippen LogP contribution is -2.06. The minimum atomic E-state index is -0.0231. The van der Waals surface area contributed by atoms with Gasteiger partial charge in [-0.15, -0.1) is 0 Å². The molecule has 16 heavy (non-hydrogen) atoms. The van der Waals surface area contributed by atoms with E-state index in [4.69, 9.17) is 0 Å². The van der Waals surface area contributed by atoms with Gasteiger partial charge in [-0.05, 0) is 55.6 Å². The summed E-state index contributed by atoms with van der Waals surface area (Å²) in [5.74, 6) is 0. The van der Waals surface area contributed by atoms with Crippen LogP contribution in [-0.4, -0.2) is 13.3 Å². The Kier molecular flexibility index (Phi) is 3.30. The molecule has 1 heteroatoms. The Hall–Kier alpha value is -0.870. The van der Waals surface area contributed by atoms with Crippen molar-refractivity contribution in [1.29, 1.82) is 0 Å². The van der Waals surface area contributed by atoms with Crippen molar-refractivity contribution in [3.63, 3.8) is 0 Å². The predicted octanol–water partition coefficient (Wildman–Crippen LogP) is 4.18. The van der Waals surface area contributed by atoms with E-state index in [1.807, 2.05) is 0 Å². The summed E-state index contributed by atoms with van der Waals surface area (Å²) < 4.78 is 0. The van der Waals surface area contributed by atoms with Gasteiger partial charge in [-0.3, -0.25) is 0 Å². The number of rotatable bonds is 2. The van der Waals surface area contributed by atoms with E-state index in [1.54, 1.807) is 0 Å². The van der Waals surface area contributed by atoms with E-state index >= 15 is 0 Å². The third-order valence-corrected chi connectivity index (χ3v) is 4.72. The van der Waals surface area contributed by atoms with Crippen molar-refractivity contribution in [2.75, 3.05) is 13.3 Å². The number of benzene rings is 1. The van der Waals surface area contributed by atoms with Gasteiger partial charge < -0.3 is 0 Å². The molecule has 0 bridgehead atoms. The highest BCUT2D eigenvalue weighted by atomic mass is 31.1. The molecule has 0 aliphatic heterocycles. The molecule has 84 valence electrons. The maximum atomic E-state index is 2.34. The van der Waals surface area contributed by atoms with Gasteiger partial charge >= 0.3 is 0 Å². The Balaban J connectivity index is 2.50. The highest BCUT2D eigenvalue weighted by Crippen LogP contribution is 2.36. The largest absolute Gasteiger partial charge is 0.0810 e. The van der Waals surface area contributed by atoms with Gasteiger partial charge in [-0.1, -0.05) is 43.8 Å². The Morgan fingerprint density at radius 3 is 2.31 bits per heavy atom. The highest BCUT2D eigenvalue weighted by Gasteiger charge is 2.15. The summed E-state index contributed by atoms with van der Waals surface area (Å²) >= 11 is 0. The van der Waals surface area contributed by atoms with Crippen molar-refractivity contribution in [2.24, 2.45) is 0 Å². The molecule has 0 saturated carbocycles. The van der Waals surface area contributed by atoms with Crippen LogP contribution in [0.5, 0.6) is 0 Å². The van der Waals surface area contributed by atoms with Crippen LogP contribution >= 0.6 is 7.92 Å². The van der Waals surface area contributed by atoms with E-state index in [-0.39, 0.29) is 7.92 Å². The standard InChI is InChI=1S/C15H19P/c1-11-9-10-13(12(11)2)14-7-5-6-8-15(14)16(3)4/h5-9H,10H2,1-4H3. The minimum Gasteiger partial charge on any atom is -0.0810 e. The van der Waals surface area contributed by atoms with Gasteiger partial charge in [-0.2, -0.15) is 0 Å². The van der Waals surface area contributed by atoms with E-state index in [0.717, 1.165) is 6.42 Å². The van der Waals surface area contributed by atoms with Crippen molar-refractivity contribution in [1.82, 2.24) is 0 Å². The topological polar surface area (TPSA) is 0 Å². The highest BCUT2D eigenvalue weighted by molar-refractivity contribution is 7.64. The summed E-state index contributed by atoms with van der Waals surface area (Å²) in [6.45, 7) is 9.13. The van der Waals surface area contributed by atoms with Gasteiger partial charge in [0.25, 0.3) is 0 Å². The molecule has 0 spiro atoms. The normalized spacial score (nSPS) is 15.9. The number of allylic oxidation sites excluding steroid dienone is 4. The molecule has 0 amide bonds. The summed E-state index contributed by atoms with van der Waals surface area (Å²) in [6.07, 6.45) is 3.45. The Morgan fingerprint density at radius 1 is 1.06 bits per heavy atom. The first-order valence-corrected chi connectivity index (χ1v) is 7.98. The fourth-order valence-corrected chi connectivity index (χ4v) is 3.31. The van der Waals surface area contributed by atoms with E-state index in [9.17, 15) is 0 Å². The molecule has 1 aromatic rings. The summed E-state index contributed by atoms with van der Waals surface area (Å²) in [4.78, 5) is 0. The number of hydrogen-bond donors (Lipinski definition) is 0. The van der Waals surface area contributed by atoms with Crippen LogP contribution in [0.1, 0.15) is 25.8 Å². The Bertz CT molecular complexity index is 464. The van der Waals surface area contributed by atoms with Crippen LogP contribution in [0.3, 0.4) is 0 Å². The van der Waals surface area contributed by atoms with Crippen LogP contribution in [0.4, 0.5) is 0 Å². The van der Waals surface area contributed by atoms with Crippen molar-refractivity contribution in [3.05, 3.63) is 47.1 Å². The number of hydrogen-bond acceptors (Lipinski definition) is 0. The van der Waals surface area contributed by atoms with Gasteiger partial charge in [0.1, 0.15) is 0 Å². The van der Waals surface area contributed by atoms with Crippen molar-refractivity contribution < 1.29 is 0 Å². The van der Waals surface area contributed by atoms with Crippen LogP contribution in [0.15, 0.2) is 41.5 Å². The molecule has 0 radical (unpaired) electrons. The Labute approximate surface area is 99.8 Å². The van der Waals surface area contributed by atoms with Crippen LogP contribution in [0, 0.1) is 0 Å². The molecule has 0 N–H and O–H groups in total. The summed E-state index contributed by atoms with van der Waals surface area (Å²) in [5.41, 5.74) is 5.93. The quantitative estimate of drug-likeness (QED) is 0.669. The van der Waals surface area contributed by atoms with Crippen molar-refractivity contribution >= 4 is 18.8 Å². The molecule has 1 aliphatic carbocycles. The molecule has 0 saturated heterocycles. The molecule has 0 fully saturated rings. The average Bonchev–Trinajstić information content (AvgIpc) is 2.60. The van der Waals surface area contributed by atoms with Crippen molar-refractivity contribution in [3.8, 4) is 0 Å². The zero-order valence-electron chi connectivity index (χ0n) is 10.5. The molecule has 1 aromatic carbocycles. The zero-order valence-corrected chi connectivity index (χ0v) is 11.4. The molecule has 0 unspecified atom stereocenters. The summed E-state index contributed by atoms with van der Waals surface area (Å²) in [5, 5.41) is 1.54. The van der Waals surface area contributed by atoms with Crippen molar-refractivity contribution in [2.45, 2.75) is 20.3 Å². The third kappa shape index (κ3) is 1.99. The predicted molar refractivity (Wildman–Crippen MR) is 75.8 cm³/mol. The maximum Gasteiger partial charge on any atom is -0.00827 e. The SMILES string of the molecule is CC1=CCC(c2ccccc2P(C)C)=C1C. The van der Waals surface area contributed by atoms with E-state index in [2.05, 4.69) is 57.5 Å². The lowest BCUT2D eigenvalue weighted by Gasteiger charge is -2.15. The smallest absolute Gasteiger partial charge is 0.00827 e. The van der Waals surface area contributed by atoms with Gasteiger partial charge in [-0.25, -0.2) is 0 Å². The first kappa shape index (κ1) is 11.6. The first-order chi connectivity index (χ1) is 7.61. The van der Waals surface area contributed by atoms with Gasteiger partial charge in [0.2, 0.25) is 0 Å². The average molecular weight is 230 g/mol. The molecular formula is C15H19P.